The van der Waals surface area contributed by atoms with Gasteiger partial charge in [0.1, 0.15) is 11.5 Å². The lowest BCUT2D eigenvalue weighted by Gasteiger charge is -2.22. The van der Waals surface area contributed by atoms with Gasteiger partial charge in [-0.2, -0.15) is 0 Å². The van der Waals surface area contributed by atoms with Crippen LogP contribution in [-0.4, -0.2) is 45.8 Å². The van der Waals surface area contributed by atoms with Crippen molar-refractivity contribution in [3.8, 4) is 0 Å². The van der Waals surface area contributed by atoms with E-state index in [2.05, 4.69) is 9.97 Å². The molecule has 2 heterocycles. The average molecular weight is 324 g/mol. The summed E-state index contributed by atoms with van der Waals surface area (Å²) >= 11 is 0. The van der Waals surface area contributed by atoms with Crippen LogP contribution in [-0.2, 0) is 16.0 Å². The number of nitrogens with one attached hydrogen (secondary N) is 1. The first-order valence-corrected chi connectivity index (χ1v) is 7.76. The summed E-state index contributed by atoms with van der Waals surface area (Å²) in [4.78, 5) is 18.9. The van der Waals surface area contributed by atoms with Crippen molar-refractivity contribution in [1.82, 2.24) is 14.5 Å². The molecule has 2 aromatic heterocycles. The third-order valence-electron chi connectivity index (χ3n) is 3.56. The second kappa shape index (κ2) is 8.09. The SMILES string of the molecule is CCOC(CC(CO)Cn1cnc2c(=O)cc(N)[nH]c21)OCC. The highest BCUT2D eigenvalue weighted by Crippen LogP contribution is 2.16. The Balaban J connectivity index is 2.17. The van der Waals surface area contributed by atoms with E-state index in [1.165, 1.54) is 6.07 Å². The van der Waals surface area contributed by atoms with Crippen LogP contribution in [0.3, 0.4) is 0 Å². The van der Waals surface area contributed by atoms with Crippen LogP contribution in [0, 0.1) is 5.92 Å². The monoisotopic (exact) mass is 324 g/mol. The number of nitrogen functional groups attached to an aromatic ring is 1. The first kappa shape index (κ1) is 17.5. The number of anilines is 1. The van der Waals surface area contributed by atoms with Gasteiger partial charge in [0.05, 0.1) is 6.33 Å². The first-order chi connectivity index (χ1) is 11.1. The number of nitrogens with two attached hydrogens (primary N) is 1. The van der Waals surface area contributed by atoms with Gasteiger partial charge in [-0.15, -0.1) is 0 Å². The zero-order chi connectivity index (χ0) is 16.8. The van der Waals surface area contributed by atoms with Crippen LogP contribution in [0.15, 0.2) is 17.2 Å². The molecular formula is C15H24N4O4. The summed E-state index contributed by atoms with van der Waals surface area (Å²) in [7, 11) is 0. The van der Waals surface area contributed by atoms with Gasteiger partial charge in [0.15, 0.2) is 11.8 Å². The van der Waals surface area contributed by atoms with Crippen molar-refractivity contribution >= 4 is 17.0 Å². The predicted molar refractivity (Wildman–Crippen MR) is 87.0 cm³/mol. The highest BCUT2D eigenvalue weighted by atomic mass is 16.7. The number of fused-ring (bicyclic) bond motifs is 1. The normalized spacial score (nSPS) is 13.0. The Morgan fingerprint density at radius 1 is 1.39 bits per heavy atom. The molecule has 23 heavy (non-hydrogen) atoms. The number of aromatic nitrogens is 3. The quantitative estimate of drug-likeness (QED) is 0.585. The van der Waals surface area contributed by atoms with Crippen LogP contribution < -0.4 is 11.2 Å². The Morgan fingerprint density at radius 2 is 2.09 bits per heavy atom. The van der Waals surface area contributed by atoms with Crippen molar-refractivity contribution in [3.05, 3.63) is 22.6 Å². The van der Waals surface area contributed by atoms with Crippen molar-refractivity contribution in [3.63, 3.8) is 0 Å². The third kappa shape index (κ3) is 4.31. The molecule has 1 unspecified atom stereocenters. The van der Waals surface area contributed by atoms with Gasteiger partial charge in [0.2, 0.25) is 5.43 Å². The number of hydrogen-bond donors (Lipinski definition) is 3. The summed E-state index contributed by atoms with van der Waals surface area (Å²) in [6.45, 7) is 5.33. The number of imidazole rings is 1. The fraction of sp³-hybridized carbons (Fsp3) is 0.600. The van der Waals surface area contributed by atoms with Crippen LogP contribution in [0.1, 0.15) is 20.3 Å². The Labute approximate surface area is 134 Å². The molecule has 0 radical (unpaired) electrons. The Morgan fingerprint density at radius 3 is 2.70 bits per heavy atom. The molecule has 0 aliphatic rings. The molecule has 0 aliphatic heterocycles. The lowest BCUT2D eigenvalue weighted by molar-refractivity contribution is -0.148. The van der Waals surface area contributed by atoms with Crippen molar-refractivity contribution in [2.75, 3.05) is 25.6 Å². The Bertz CT molecular complexity index is 676. The van der Waals surface area contributed by atoms with E-state index in [0.717, 1.165) is 0 Å². The second-order valence-corrected chi connectivity index (χ2v) is 5.31. The molecule has 8 heteroatoms. The topological polar surface area (TPSA) is 115 Å². The minimum Gasteiger partial charge on any atom is -0.396 e. The van der Waals surface area contributed by atoms with Gasteiger partial charge in [0.25, 0.3) is 0 Å². The molecule has 128 valence electrons. The highest BCUT2D eigenvalue weighted by molar-refractivity contribution is 5.72. The van der Waals surface area contributed by atoms with Gasteiger partial charge in [-0.25, -0.2) is 4.98 Å². The maximum atomic E-state index is 11.9. The van der Waals surface area contributed by atoms with Crippen molar-refractivity contribution in [2.24, 2.45) is 5.92 Å². The average Bonchev–Trinajstić information content (AvgIpc) is 2.90. The lowest BCUT2D eigenvalue weighted by atomic mass is 10.1. The van der Waals surface area contributed by atoms with E-state index in [-0.39, 0.29) is 30.1 Å². The van der Waals surface area contributed by atoms with E-state index < -0.39 is 0 Å². The molecule has 0 aliphatic carbocycles. The molecule has 4 N–H and O–H groups in total. The highest BCUT2D eigenvalue weighted by Gasteiger charge is 2.18. The molecule has 2 rings (SSSR count). The van der Waals surface area contributed by atoms with Gasteiger partial charge in [-0.1, -0.05) is 0 Å². The fourth-order valence-corrected chi connectivity index (χ4v) is 2.53. The van der Waals surface area contributed by atoms with Crippen LogP contribution in [0.4, 0.5) is 5.82 Å². The van der Waals surface area contributed by atoms with E-state index in [1.807, 2.05) is 13.8 Å². The molecular weight excluding hydrogens is 300 g/mol. The lowest BCUT2D eigenvalue weighted by Crippen LogP contribution is -2.25. The number of aliphatic hydroxyl groups is 1. The maximum Gasteiger partial charge on any atom is 0.211 e. The molecule has 0 amide bonds. The summed E-state index contributed by atoms with van der Waals surface area (Å²) in [6.07, 6.45) is 1.76. The van der Waals surface area contributed by atoms with Gasteiger partial charge in [-0.05, 0) is 13.8 Å². The van der Waals surface area contributed by atoms with Crippen molar-refractivity contribution < 1.29 is 14.6 Å². The number of pyridine rings is 1. The Kier molecular flexibility index (Phi) is 6.14. The van der Waals surface area contributed by atoms with E-state index in [0.29, 0.717) is 37.3 Å². The molecule has 0 spiro atoms. The first-order valence-electron chi connectivity index (χ1n) is 7.76. The molecule has 0 saturated carbocycles. The Hall–Kier alpha value is -1.90. The zero-order valence-electron chi connectivity index (χ0n) is 13.5. The number of rotatable bonds is 9. The number of hydrogen-bond acceptors (Lipinski definition) is 6. The summed E-state index contributed by atoms with van der Waals surface area (Å²) in [6, 6.07) is 1.31. The number of nitrogens with zero attached hydrogens (tertiary/aromatic N) is 2. The molecule has 1 atom stereocenters. The second-order valence-electron chi connectivity index (χ2n) is 5.31. The molecule has 0 aromatic carbocycles. The van der Waals surface area contributed by atoms with E-state index >= 15 is 0 Å². The molecule has 8 nitrogen and oxygen atoms in total. The summed E-state index contributed by atoms with van der Waals surface area (Å²) < 4.78 is 12.8. The standard InChI is InChI=1S/C15H24N4O4/c1-3-22-13(23-4-2)5-10(8-20)7-19-9-17-14-11(21)6-12(16)18-15(14)19/h6,9-10,13,20H,3-5,7-8H2,1-2H3,(H3,16,18,21). The molecule has 0 bridgehead atoms. The van der Waals surface area contributed by atoms with E-state index in [4.69, 9.17) is 15.2 Å². The van der Waals surface area contributed by atoms with Gasteiger partial charge in [-0.3, -0.25) is 4.79 Å². The smallest absolute Gasteiger partial charge is 0.211 e. The minimum absolute atomic E-state index is 0.0249. The zero-order valence-corrected chi connectivity index (χ0v) is 13.5. The predicted octanol–water partition coefficient (Wildman–Crippen LogP) is 0.705. The van der Waals surface area contributed by atoms with Crippen LogP contribution in [0.5, 0.6) is 0 Å². The summed E-state index contributed by atoms with van der Waals surface area (Å²) in [5, 5.41) is 9.65. The summed E-state index contributed by atoms with van der Waals surface area (Å²) in [5.74, 6) is 0.187. The van der Waals surface area contributed by atoms with Crippen LogP contribution >= 0.6 is 0 Å². The largest absolute Gasteiger partial charge is 0.396 e. The number of aromatic amines is 1. The summed E-state index contributed by atoms with van der Waals surface area (Å²) in [5.41, 5.74) is 6.35. The van der Waals surface area contributed by atoms with Gasteiger partial charge in [0, 0.05) is 44.8 Å². The van der Waals surface area contributed by atoms with Crippen LogP contribution in [0.2, 0.25) is 0 Å². The molecule has 0 saturated heterocycles. The minimum atomic E-state index is -0.360. The number of ether oxygens (including phenoxy) is 2. The number of aliphatic hydroxyl groups excluding tert-OH is 1. The van der Waals surface area contributed by atoms with Gasteiger partial charge >= 0.3 is 0 Å². The van der Waals surface area contributed by atoms with E-state index in [1.54, 1.807) is 10.9 Å². The fourth-order valence-electron chi connectivity index (χ4n) is 2.53. The van der Waals surface area contributed by atoms with Crippen molar-refractivity contribution in [1.29, 1.82) is 0 Å². The van der Waals surface area contributed by atoms with Gasteiger partial charge < -0.3 is 29.9 Å². The third-order valence-corrected chi connectivity index (χ3v) is 3.56. The molecule has 2 aromatic rings. The number of H-pyrrole nitrogens is 1. The van der Waals surface area contributed by atoms with E-state index in [9.17, 15) is 9.90 Å². The van der Waals surface area contributed by atoms with Crippen molar-refractivity contribution in [2.45, 2.75) is 33.1 Å². The maximum absolute atomic E-state index is 11.9. The van der Waals surface area contributed by atoms with Crippen LogP contribution in [0.25, 0.3) is 11.2 Å². The molecule has 0 fully saturated rings.